The fourth-order valence-corrected chi connectivity index (χ4v) is 2.48. The Morgan fingerprint density at radius 1 is 1.08 bits per heavy atom. The van der Waals surface area contributed by atoms with Crippen LogP contribution in [-0.4, -0.2) is 23.4 Å². The van der Waals surface area contributed by atoms with E-state index in [0.29, 0.717) is 5.02 Å². The van der Waals surface area contributed by atoms with Crippen LogP contribution in [0.5, 0.6) is 0 Å². The summed E-state index contributed by atoms with van der Waals surface area (Å²) in [5.41, 5.74) is -0.00289. The largest absolute Gasteiger partial charge is 0.452 e. The van der Waals surface area contributed by atoms with E-state index >= 15 is 0 Å². The van der Waals surface area contributed by atoms with Crippen molar-refractivity contribution >= 4 is 58.1 Å². The minimum absolute atomic E-state index is 0.0189. The van der Waals surface area contributed by atoms with Crippen molar-refractivity contribution in [3.8, 4) is 0 Å². The van der Waals surface area contributed by atoms with Crippen LogP contribution in [0.4, 0.5) is 11.4 Å². The summed E-state index contributed by atoms with van der Waals surface area (Å²) in [7, 11) is 0. The third-order valence-corrected chi connectivity index (χ3v) is 3.78. The number of hydrogen-bond acceptors (Lipinski definition) is 5. The molecule has 0 aromatic heterocycles. The summed E-state index contributed by atoms with van der Waals surface area (Å²) in [5.74, 6) is -1.47. The number of nitrogens with one attached hydrogen (secondary N) is 1. The summed E-state index contributed by atoms with van der Waals surface area (Å²) in [4.78, 5) is 33.7. The van der Waals surface area contributed by atoms with Gasteiger partial charge in [-0.05, 0) is 24.3 Å². The Morgan fingerprint density at radius 2 is 1.80 bits per heavy atom. The number of non-ortho nitro benzene ring substituents is 1. The molecule has 10 heteroatoms. The van der Waals surface area contributed by atoms with Crippen LogP contribution in [0.2, 0.25) is 15.1 Å². The summed E-state index contributed by atoms with van der Waals surface area (Å²) in [6, 6.07) is 7.75. The van der Waals surface area contributed by atoms with Gasteiger partial charge in [0.25, 0.3) is 11.6 Å². The van der Waals surface area contributed by atoms with Gasteiger partial charge in [0.1, 0.15) is 0 Å². The molecule has 0 bridgehead atoms. The lowest BCUT2D eigenvalue weighted by atomic mass is 10.2. The van der Waals surface area contributed by atoms with Gasteiger partial charge in [0, 0.05) is 17.2 Å². The molecule has 2 aromatic rings. The third-order valence-electron chi connectivity index (χ3n) is 2.92. The number of anilines is 1. The highest BCUT2D eigenvalue weighted by Crippen LogP contribution is 2.26. The third kappa shape index (κ3) is 5.06. The van der Waals surface area contributed by atoms with Gasteiger partial charge in [-0.15, -0.1) is 0 Å². The van der Waals surface area contributed by atoms with Crippen molar-refractivity contribution in [3.63, 3.8) is 0 Å². The van der Waals surface area contributed by atoms with Crippen molar-refractivity contribution in [2.45, 2.75) is 0 Å². The van der Waals surface area contributed by atoms with E-state index in [-0.39, 0.29) is 27.0 Å². The Kier molecular flexibility index (Phi) is 6.19. The molecule has 0 unspecified atom stereocenters. The van der Waals surface area contributed by atoms with Crippen molar-refractivity contribution in [2.75, 3.05) is 11.9 Å². The molecule has 0 aliphatic rings. The highest BCUT2D eigenvalue weighted by atomic mass is 35.5. The number of hydrogen-bond donors (Lipinski definition) is 1. The van der Waals surface area contributed by atoms with Gasteiger partial charge in [-0.3, -0.25) is 14.9 Å². The van der Waals surface area contributed by atoms with E-state index in [2.05, 4.69) is 5.32 Å². The van der Waals surface area contributed by atoms with Gasteiger partial charge in [0.05, 0.1) is 26.2 Å². The maximum Gasteiger partial charge on any atom is 0.340 e. The Labute approximate surface area is 156 Å². The first kappa shape index (κ1) is 19.0. The van der Waals surface area contributed by atoms with E-state index in [1.54, 1.807) is 0 Å². The molecule has 0 fully saturated rings. The van der Waals surface area contributed by atoms with E-state index in [0.717, 1.165) is 6.07 Å². The van der Waals surface area contributed by atoms with Gasteiger partial charge < -0.3 is 10.1 Å². The molecule has 2 rings (SSSR count). The van der Waals surface area contributed by atoms with E-state index in [1.165, 1.54) is 30.3 Å². The van der Waals surface area contributed by atoms with Crippen LogP contribution >= 0.6 is 34.8 Å². The molecule has 25 heavy (non-hydrogen) atoms. The van der Waals surface area contributed by atoms with Gasteiger partial charge in [0.2, 0.25) is 0 Å². The zero-order chi connectivity index (χ0) is 18.6. The molecule has 130 valence electrons. The van der Waals surface area contributed by atoms with Gasteiger partial charge >= 0.3 is 5.97 Å². The number of benzene rings is 2. The van der Waals surface area contributed by atoms with Crippen LogP contribution in [0.15, 0.2) is 36.4 Å². The molecular weight excluding hydrogens is 395 g/mol. The number of ether oxygens (including phenoxy) is 1. The van der Waals surface area contributed by atoms with Crippen LogP contribution in [0, 0.1) is 10.1 Å². The average molecular weight is 404 g/mol. The number of esters is 1. The maximum absolute atomic E-state index is 11.9. The van der Waals surface area contributed by atoms with Crippen LogP contribution in [0.3, 0.4) is 0 Å². The number of amides is 1. The Hall–Kier alpha value is -2.35. The van der Waals surface area contributed by atoms with Gasteiger partial charge in [-0.25, -0.2) is 4.79 Å². The predicted molar refractivity (Wildman–Crippen MR) is 93.5 cm³/mol. The number of nitro benzene ring substituents is 1. The SMILES string of the molecule is O=C(COC(=O)c1ccc(Cl)cc1Cl)Nc1ccc([N+](=O)[O-])cc1Cl. The Balaban J connectivity index is 1.96. The maximum atomic E-state index is 11.9. The highest BCUT2D eigenvalue weighted by molar-refractivity contribution is 6.36. The first-order chi connectivity index (χ1) is 11.8. The molecule has 0 aliphatic heterocycles. The minimum atomic E-state index is -0.799. The standard InChI is InChI=1S/C15H9Cl3N2O5/c16-8-1-3-10(11(17)5-8)15(22)25-7-14(21)19-13-4-2-9(20(23)24)6-12(13)18/h1-6H,7H2,(H,19,21). The fraction of sp³-hybridized carbons (Fsp3) is 0.0667. The first-order valence-corrected chi connectivity index (χ1v) is 7.77. The van der Waals surface area contributed by atoms with Crippen molar-refractivity contribution in [3.05, 3.63) is 67.1 Å². The summed E-state index contributed by atoms with van der Waals surface area (Å²) in [6.45, 7) is -0.592. The summed E-state index contributed by atoms with van der Waals surface area (Å²) in [6.07, 6.45) is 0. The number of nitro groups is 1. The van der Waals surface area contributed by atoms with Crippen LogP contribution in [0.1, 0.15) is 10.4 Å². The predicted octanol–water partition coefficient (Wildman–Crippen LogP) is 4.35. The topological polar surface area (TPSA) is 98.5 Å². The summed E-state index contributed by atoms with van der Waals surface area (Å²) < 4.78 is 4.85. The lowest BCUT2D eigenvalue weighted by molar-refractivity contribution is -0.384. The molecule has 0 saturated heterocycles. The summed E-state index contributed by atoms with van der Waals surface area (Å²) >= 11 is 17.5. The molecule has 7 nitrogen and oxygen atoms in total. The van der Waals surface area contributed by atoms with Crippen molar-refractivity contribution in [2.24, 2.45) is 0 Å². The number of nitrogens with zero attached hydrogens (tertiary/aromatic N) is 1. The van der Waals surface area contributed by atoms with Gasteiger partial charge in [-0.2, -0.15) is 0 Å². The normalized spacial score (nSPS) is 10.2. The molecule has 1 amide bonds. The lowest BCUT2D eigenvalue weighted by Crippen LogP contribution is -2.21. The number of carbonyl (C=O) groups excluding carboxylic acids is 2. The molecule has 2 aromatic carbocycles. The molecular formula is C15H9Cl3N2O5. The van der Waals surface area contributed by atoms with Crippen LogP contribution in [0.25, 0.3) is 0 Å². The van der Waals surface area contributed by atoms with Crippen molar-refractivity contribution < 1.29 is 19.2 Å². The number of halogens is 3. The van der Waals surface area contributed by atoms with Gasteiger partial charge in [0.15, 0.2) is 6.61 Å². The van der Waals surface area contributed by atoms with E-state index in [9.17, 15) is 19.7 Å². The van der Waals surface area contributed by atoms with E-state index in [4.69, 9.17) is 39.5 Å². The Bertz CT molecular complexity index is 857. The second-order valence-electron chi connectivity index (χ2n) is 4.67. The number of carbonyl (C=O) groups is 2. The molecule has 0 heterocycles. The van der Waals surface area contributed by atoms with E-state index < -0.39 is 23.4 Å². The van der Waals surface area contributed by atoms with Crippen LogP contribution < -0.4 is 5.32 Å². The molecule has 0 spiro atoms. The molecule has 0 radical (unpaired) electrons. The van der Waals surface area contributed by atoms with Crippen LogP contribution in [-0.2, 0) is 9.53 Å². The number of rotatable bonds is 5. The van der Waals surface area contributed by atoms with Crippen molar-refractivity contribution in [1.29, 1.82) is 0 Å². The minimum Gasteiger partial charge on any atom is -0.452 e. The second kappa shape index (κ2) is 8.15. The Morgan fingerprint density at radius 3 is 2.40 bits per heavy atom. The quantitative estimate of drug-likeness (QED) is 0.454. The molecule has 1 N–H and O–H groups in total. The average Bonchev–Trinajstić information content (AvgIpc) is 2.54. The smallest absolute Gasteiger partial charge is 0.340 e. The first-order valence-electron chi connectivity index (χ1n) is 6.64. The monoisotopic (exact) mass is 402 g/mol. The molecule has 0 atom stereocenters. The second-order valence-corrected chi connectivity index (χ2v) is 5.92. The molecule has 0 saturated carbocycles. The summed E-state index contributed by atoms with van der Waals surface area (Å²) in [5, 5.41) is 13.4. The zero-order valence-electron chi connectivity index (χ0n) is 12.3. The van der Waals surface area contributed by atoms with Gasteiger partial charge in [-0.1, -0.05) is 34.8 Å². The molecule has 0 aliphatic carbocycles. The highest BCUT2D eigenvalue weighted by Gasteiger charge is 2.15. The fourth-order valence-electron chi connectivity index (χ4n) is 1.77. The lowest BCUT2D eigenvalue weighted by Gasteiger charge is -2.08. The van der Waals surface area contributed by atoms with Crippen molar-refractivity contribution in [1.82, 2.24) is 0 Å². The zero-order valence-corrected chi connectivity index (χ0v) is 14.6. The van der Waals surface area contributed by atoms with E-state index in [1.807, 2.05) is 0 Å².